The number of aromatic nitrogens is 3. The SMILES string of the molecule is O=c1n(/N=C/c2ccc(Cl)cc2)c(=O)n(-c2ccccc2)c(=O)n1-c1ccccc1. The molecule has 0 amide bonds. The van der Waals surface area contributed by atoms with E-state index in [2.05, 4.69) is 5.10 Å². The van der Waals surface area contributed by atoms with Crippen LogP contribution in [0.15, 0.2) is 104 Å². The van der Waals surface area contributed by atoms with Gasteiger partial charge >= 0.3 is 17.1 Å². The van der Waals surface area contributed by atoms with Crippen molar-refractivity contribution in [1.82, 2.24) is 13.8 Å². The second-order valence-electron chi connectivity index (χ2n) is 6.30. The minimum Gasteiger partial charge on any atom is -0.246 e. The van der Waals surface area contributed by atoms with Gasteiger partial charge in [-0.15, -0.1) is 4.68 Å². The summed E-state index contributed by atoms with van der Waals surface area (Å²) in [6.45, 7) is 0. The van der Waals surface area contributed by atoms with Gasteiger partial charge < -0.3 is 0 Å². The lowest BCUT2D eigenvalue weighted by Crippen LogP contribution is -2.52. The molecule has 0 fully saturated rings. The summed E-state index contributed by atoms with van der Waals surface area (Å²) in [7, 11) is 0. The van der Waals surface area contributed by atoms with Crippen LogP contribution in [-0.2, 0) is 0 Å². The molecule has 0 radical (unpaired) electrons. The second kappa shape index (κ2) is 8.18. The highest BCUT2D eigenvalue weighted by Gasteiger charge is 2.17. The molecule has 3 aromatic carbocycles. The van der Waals surface area contributed by atoms with E-state index in [9.17, 15) is 14.4 Å². The third kappa shape index (κ3) is 3.66. The molecule has 0 aliphatic carbocycles. The molecule has 0 spiro atoms. The van der Waals surface area contributed by atoms with Crippen LogP contribution >= 0.6 is 11.6 Å². The van der Waals surface area contributed by atoms with Crippen molar-refractivity contribution < 1.29 is 0 Å². The quantitative estimate of drug-likeness (QED) is 0.478. The zero-order valence-electron chi connectivity index (χ0n) is 15.6. The number of hydrogen-bond acceptors (Lipinski definition) is 4. The molecule has 0 saturated carbocycles. The van der Waals surface area contributed by atoms with Gasteiger partial charge in [0.15, 0.2) is 0 Å². The molecular formula is C22H15ClN4O3. The standard InChI is InChI=1S/C22H15ClN4O3/c23-17-13-11-16(12-14-17)15-24-27-21(29)25(18-7-3-1-4-8-18)20(28)26(22(27)30)19-9-5-2-6-10-19/h1-15H/b24-15+. The van der Waals surface area contributed by atoms with Crippen LogP contribution in [0.5, 0.6) is 0 Å². The zero-order chi connectivity index (χ0) is 21.1. The predicted molar refractivity (Wildman–Crippen MR) is 116 cm³/mol. The first-order chi connectivity index (χ1) is 14.6. The van der Waals surface area contributed by atoms with E-state index >= 15 is 0 Å². The maximum atomic E-state index is 13.1. The lowest BCUT2D eigenvalue weighted by Gasteiger charge is -2.11. The summed E-state index contributed by atoms with van der Waals surface area (Å²) in [6.07, 6.45) is 1.36. The van der Waals surface area contributed by atoms with Crippen LogP contribution in [0.4, 0.5) is 0 Å². The van der Waals surface area contributed by atoms with Gasteiger partial charge in [-0.3, -0.25) is 0 Å². The lowest BCUT2D eigenvalue weighted by atomic mass is 10.2. The molecule has 0 bridgehead atoms. The fourth-order valence-electron chi connectivity index (χ4n) is 2.90. The highest BCUT2D eigenvalue weighted by molar-refractivity contribution is 6.30. The van der Waals surface area contributed by atoms with E-state index in [0.29, 0.717) is 26.6 Å². The molecule has 0 N–H and O–H groups in total. The number of nitrogens with zero attached hydrogens (tertiary/aromatic N) is 4. The number of hydrogen-bond donors (Lipinski definition) is 0. The van der Waals surface area contributed by atoms with E-state index in [0.717, 1.165) is 9.13 Å². The van der Waals surface area contributed by atoms with Gasteiger partial charge in [0.2, 0.25) is 0 Å². The fraction of sp³-hybridized carbons (Fsp3) is 0. The van der Waals surface area contributed by atoms with Gasteiger partial charge in [0.1, 0.15) is 0 Å². The van der Waals surface area contributed by atoms with Crippen LogP contribution < -0.4 is 17.1 Å². The summed E-state index contributed by atoms with van der Waals surface area (Å²) in [6, 6.07) is 23.5. The van der Waals surface area contributed by atoms with Crippen LogP contribution in [0, 0.1) is 0 Å². The van der Waals surface area contributed by atoms with Crippen molar-refractivity contribution in [1.29, 1.82) is 0 Å². The Hall–Kier alpha value is -3.97. The Balaban J connectivity index is 2.00. The van der Waals surface area contributed by atoms with Gasteiger partial charge in [-0.05, 0) is 42.0 Å². The summed E-state index contributed by atoms with van der Waals surface area (Å²) in [5.74, 6) is 0. The van der Waals surface area contributed by atoms with Crippen molar-refractivity contribution >= 4 is 17.8 Å². The maximum absolute atomic E-state index is 13.1. The Kier molecular flexibility index (Phi) is 5.28. The summed E-state index contributed by atoms with van der Waals surface area (Å²) in [4.78, 5) is 39.2. The summed E-state index contributed by atoms with van der Waals surface area (Å²) in [5.41, 5.74) is -1.22. The molecule has 1 heterocycles. The van der Waals surface area contributed by atoms with Crippen molar-refractivity contribution in [3.05, 3.63) is 127 Å². The Morgan fingerprint density at radius 2 is 1.10 bits per heavy atom. The Morgan fingerprint density at radius 3 is 1.57 bits per heavy atom. The predicted octanol–water partition coefficient (Wildman–Crippen LogP) is 2.69. The first-order valence-corrected chi connectivity index (χ1v) is 9.36. The Bertz CT molecular complexity index is 1310. The number of para-hydroxylation sites is 2. The second-order valence-corrected chi connectivity index (χ2v) is 6.73. The van der Waals surface area contributed by atoms with Crippen molar-refractivity contribution in [2.45, 2.75) is 0 Å². The largest absolute Gasteiger partial charge is 0.362 e. The number of rotatable bonds is 4. The molecule has 0 aliphatic rings. The third-order valence-electron chi connectivity index (χ3n) is 4.35. The van der Waals surface area contributed by atoms with Gasteiger partial charge in [-0.1, -0.05) is 60.1 Å². The van der Waals surface area contributed by atoms with Crippen molar-refractivity contribution in [2.75, 3.05) is 0 Å². The highest BCUT2D eigenvalue weighted by Crippen LogP contribution is 2.08. The monoisotopic (exact) mass is 418 g/mol. The molecular weight excluding hydrogens is 404 g/mol. The number of halogens is 1. The molecule has 0 unspecified atom stereocenters. The molecule has 8 heteroatoms. The summed E-state index contributed by atoms with van der Waals surface area (Å²) < 4.78 is 2.48. The van der Waals surface area contributed by atoms with E-state index < -0.39 is 17.1 Å². The van der Waals surface area contributed by atoms with Gasteiger partial charge in [0.25, 0.3) is 0 Å². The molecule has 0 aliphatic heterocycles. The van der Waals surface area contributed by atoms with Gasteiger partial charge in [0, 0.05) is 5.02 Å². The summed E-state index contributed by atoms with van der Waals surface area (Å²) >= 11 is 5.88. The zero-order valence-corrected chi connectivity index (χ0v) is 16.3. The van der Waals surface area contributed by atoms with Gasteiger partial charge in [-0.2, -0.15) is 5.10 Å². The minimum absolute atomic E-state index is 0.327. The normalized spacial score (nSPS) is 11.1. The van der Waals surface area contributed by atoms with Crippen LogP contribution in [0.1, 0.15) is 5.56 Å². The average molecular weight is 419 g/mol. The van der Waals surface area contributed by atoms with Crippen LogP contribution in [0.2, 0.25) is 5.02 Å². The van der Waals surface area contributed by atoms with Gasteiger partial charge in [0.05, 0.1) is 17.6 Å². The Morgan fingerprint density at radius 1 is 0.633 bits per heavy atom. The molecule has 4 aromatic rings. The summed E-state index contributed by atoms with van der Waals surface area (Å²) in [5, 5.41) is 4.61. The smallest absolute Gasteiger partial charge is 0.246 e. The topological polar surface area (TPSA) is 78.4 Å². The van der Waals surface area contributed by atoms with E-state index in [4.69, 9.17) is 11.6 Å². The molecule has 7 nitrogen and oxygen atoms in total. The maximum Gasteiger partial charge on any atom is 0.362 e. The molecule has 4 rings (SSSR count). The van der Waals surface area contributed by atoms with Crippen molar-refractivity contribution in [3.8, 4) is 11.4 Å². The van der Waals surface area contributed by atoms with Crippen molar-refractivity contribution in [3.63, 3.8) is 0 Å². The molecule has 0 atom stereocenters. The van der Waals surface area contributed by atoms with E-state index in [1.54, 1.807) is 84.9 Å². The van der Waals surface area contributed by atoms with Crippen LogP contribution in [-0.4, -0.2) is 20.0 Å². The van der Waals surface area contributed by atoms with E-state index in [1.165, 1.54) is 6.21 Å². The van der Waals surface area contributed by atoms with Crippen LogP contribution in [0.25, 0.3) is 11.4 Å². The molecule has 0 saturated heterocycles. The highest BCUT2D eigenvalue weighted by atomic mass is 35.5. The molecule has 148 valence electrons. The first-order valence-electron chi connectivity index (χ1n) is 8.98. The van der Waals surface area contributed by atoms with Crippen LogP contribution in [0.3, 0.4) is 0 Å². The van der Waals surface area contributed by atoms with E-state index in [1.807, 2.05) is 0 Å². The third-order valence-corrected chi connectivity index (χ3v) is 4.60. The Labute approximate surface area is 175 Å². The van der Waals surface area contributed by atoms with Crippen molar-refractivity contribution in [2.24, 2.45) is 5.10 Å². The minimum atomic E-state index is -0.867. The first kappa shape index (κ1) is 19.4. The molecule has 1 aromatic heterocycles. The van der Waals surface area contributed by atoms with Gasteiger partial charge in [-0.25, -0.2) is 23.5 Å². The lowest BCUT2D eigenvalue weighted by molar-refractivity contribution is 0.607. The fourth-order valence-corrected chi connectivity index (χ4v) is 3.03. The van der Waals surface area contributed by atoms with E-state index in [-0.39, 0.29) is 0 Å². The number of benzene rings is 3. The average Bonchev–Trinajstić information content (AvgIpc) is 2.76. The molecule has 30 heavy (non-hydrogen) atoms.